The summed E-state index contributed by atoms with van der Waals surface area (Å²) in [6.45, 7) is 4.98. The maximum Gasteiger partial charge on any atom is 0.399 e. The van der Waals surface area contributed by atoms with Crippen LogP contribution >= 0.6 is 0 Å². The van der Waals surface area contributed by atoms with Crippen molar-refractivity contribution in [2.75, 3.05) is 13.2 Å². The Labute approximate surface area is 253 Å². The van der Waals surface area contributed by atoms with Crippen molar-refractivity contribution in [2.24, 2.45) is 0 Å². The Kier molecular flexibility index (Phi) is 24.9. The van der Waals surface area contributed by atoms with Gasteiger partial charge in [-0.2, -0.15) is 8.42 Å². The third-order valence-corrected chi connectivity index (χ3v) is 7.73. The van der Waals surface area contributed by atoms with Gasteiger partial charge in [-0.05, 0) is 18.9 Å². The fourth-order valence-electron chi connectivity index (χ4n) is 4.39. The summed E-state index contributed by atoms with van der Waals surface area (Å²) < 4.78 is 33.3. The lowest BCUT2D eigenvalue weighted by molar-refractivity contribution is -0.423. The first-order valence-electron chi connectivity index (χ1n) is 15.8. The van der Waals surface area contributed by atoms with Gasteiger partial charge in [0, 0.05) is 6.07 Å². The first-order valence-corrected chi connectivity index (χ1v) is 17.1. The van der Waals surface area contributed by atoms with Gasteiger partial charge >= 0.3 is 21.8 Å². The van der Waals surface area contributed by atoms with Crippen LogP contribution in [0.2, 0.25) is 0 Å². The summed E-state index contributed by atoms with van der Waals surface area (Å²) in [4.78, 5) is 18.6. The number of para-hydroxylation sites is 1. The zero-order valence-corrected chi connectivity index (χ0v) is 26.6. The molecule has 0 aromatic heterocycles. The third-order valence-electron chi connectivity index (χ3n) is 6.82. The van der Waals surface area contributed by atoms with Crippen LogP contribution in [0.3, 0.4) is 0 Å². The normalized spacial score (nSPS) is 11.2. The van der Waals surface area contributed by atoms with Crippen LogP contribution in [0.15, 0.2) is 18.2 Å². The second-order valence-corrected chi connectivity index (χ2v) is 11.9. The van der Waals surface area contributed by atoms with E-state index in [1.54, 1.807) is 0 Å². The number of hydrogen-bond acceptors (Lipinski definition) is 9. The minimum Gasteiger partial charge on any atom is -0.502 e. The van der Waals surface area contributed by atoms with E-state index in [0.29, 0.717) is 0 Å². The lowest BCUT2D eigenvalue weighted by Gasteiger charge is -2.06. The van der Waals surface area contributed by atoms with E-state index in [4.69, 9.17) is 13.5 Å². The van der Waals surface area contributed by atoms with Crippen molar-refractivity contribution in [1.82, 2.24) is 0 Å². The van der Waals surface area contributed by atoms with Crippen LogP contribution in [0.1, 0.15) is 142 Å². The molecule has 0 aliphatic rings. The summed E-state index contributed by atoms with van der Waals surface area (Å²) in [5.41, 5.74) is -1.60. The standard InChI is InChI=1S/C24H50O4S.C6H4N2O5/c1-3-5-7-9-11-13-15-17-19-21-23-27-29(25,26)28-24-22-20-18-16-14-12-10-8-6-4-2;9-5-3-1-2-4(7(10)11)6(5)8(12)13/h3-24H2,1-2H3;1-3,9H. The average Bonchev–Trinajstić information content (AvgIpc) is 2.94. The highest BCUT2D eigenvalue weighted by Gasteiger charge is 2.27. The zero-order chi connectivity index (χ0) is 31.5. The Morgan fingerprint density at radius 2 is 0.976 bits per heavy atom. The molecule has 0 aliphatic carbocycles. The molecule has 0 amide bonds. The smallest absolute Gasteiger partial charge is 0.399 e. The number of nitrogens with zero attached hydrogens (tertiary/aromatic N) is 2. The predicted molar refractivity (Wildman–Crippen MR) is 166 cm³/mol. The van der Waals surface area contributed by atoms with Crippen molar-refractivity contribution in [3.8, 4) is 5.75 Å². The van der Waals surface area contributed by atoms with E-state index < -0.39 is 37.4 Å². The fourth-order valence-corrected chi connectivity index (χ4v) is 5.10. The minimum atomic E-state index is -3.80. The quantitative estimate of drug-likeness (QED) is 0.0606. The number of nitro groups is 2. The molecule has 1 rings (SSSR count). The first kappa shape index (κ1) is 39.7. The molecule has 0 bridgehead atoms. The summed E-state index contributed by atoms with van der Waals surface area (Å²) >= 11 is 0. The van der Waals surface area contributed by atoms with E-state index in [2.05, 4.69) is 13.8 Å². The maximum atomic E-state index is 11.7. The maximum absolute atomic E-state index is 11.7. The van der Waals surface area contributed by atoms with Crippen LogP contribution in [0.25, 0.3) is 0 Å². The van der Waals surface area contributed by atoms with Crippen LogP contribution in [0.5, 0.6) is 5.75 Å². The number of benzene rings is 1. The molecular weight excluding hydrogens is 564 g/mol. The molecule has 0 radical (unpaired) electrons. The van der Waals surface area contributed by atoms with E-state index >= 15 is 0 Å². The van der Waals surface area contributed by atoms with E-state index in [-0.39, 0.29) is 13.2 Å². The van der Waals surface area contributed by atoms with Crippen molar-refractivity contribution >= 4 is 21.8 Å². The van der Waals surface area contributed by atoms with Gasteiger partial charge in [-0.25, -0.2) is 8.37 Å². The molecule has 11 nitrogen and oxygen atoms in total. The highest BCUT2D eigenvalue weighted by molar-refractivity contribution is 7.81. The molecule has 0 atom stereocenters. The molecule has 1 N–H and O–H groups in total. The molecule has 1 aromatic carbocycles. The van der Waals surface area contributed by atoms with E-state index in [0.717, 1.165) is 50.7 Å². The van der Waals surface area contributed by atoms with Crippen molar-refractivity contribution < 1.29 is 31.7 Å². The highest BCUT2D eigenvalue weighted by Crippen LogP contribution is 2.34. The lowest BCUT2D eigenvalue weighted by Crippen LogP contribution is -2.12. The van der Waals surface area contributed by atoms with Gasteiger partial charge in [0.1, 0.15) is 0 Å². The summed E-state index contributed by atoms with van der Waals surface area (Å²) in [5, 5.41) is 29.5. The molecule has 0 spiro atoms. The van der Waals surface area contributed by atoms with Crippen molar-refractivity contribution in [3.05, 3.63) is 38.4 Å². The van der Waals surface area contributed by atoms with Crippen LogP contribution in [-0.2, 0) is 18.8 Å². The number of nitro benzene ring substituents is 2. The summed E-state index contributed by atoms with van der Waals surface area (Å²) in [7, 11) is -3.80. The molecule has 12 heteroatoms. The first-order chi connectivity index (χ1) is 20.2. The zero-order valence-electron chi connectivity index (χ0n) is 25.8. The van der Waals surface area contributed by atoms with Gasteiger partial charge in [-0.15, -0.1) is 0 Å². The van der Waals surface area contributed by atoms with Crippen LogP contribution in [0.4, 0.5) is 11.4 Å². The molecule has 0 fully saturated rings. The molecule has 42 heavy (non-hydrogen) atoms. The van der Waals surface area contributed by atoms with E-state index in [1.807, 2.05) is 0 Å². The number of phenolic OH excluding ortho intramolecular Hbond substituents is 1. The Bertz CT molecular complexity index is 911. The molecule has 0 heterocycles. The van der Waals surface area contributed by atoms with Gasteiger partial charge in [-0.3, -0.25) is 20.2 Å². The SMILES string of the molecule is CCCCCCCCCCCCOS(=O)(=O)OCCCCCCCCCCCC.O=[N+]([O-])c1cccc(O)c1[N+](=O)[O-]. The largest absolute Gasteiger partial charge is 0.502 e. The molecule has 244 valence electrons. The van der Waals surface area contributed by atoms with Gasteiger partial charge in [0.15, 0.2) is 0 Å². The van der Waals surface area contributed by atoms with Crippen LogP contribution in [-0.4, -0.2) is 36.6 Å². The second-order valence-electron chi connectivity index (χ2n) is 10.6. The molecule has 0 unspecified atom stereocenters. The van der Waals surface area contributed by atoms with Gasteiger partial charge < -0.3 is 5.11 Å². The topological polar surface area (TPSA) is 159 Å². The Morgan fingerprint density at radius 1 is 0.619 bits per heavy atom. The van der Waals surface area contributed by atoms with E-state index in [9.17, 15) is 28.6 Å². The number of hydrogen-bond donors (Lipinski definition) is 1. The summed E-state index contributed by atoms with van der Waals surface area (Å²) in [5.74, 6) is -0.709. The predicted octanol–water partition coefficient (Wildman–Crippen LogP) is 9.31. The van der Waals surface area contributed by atoms with E-state index in [1.165, 1.54) is 96.0 Å². The van der Waals surface area contributed by atoms with Gasteiger partial charge in [0.2, 0.25) is 5.75 Å². The minimum absolute atomic E-state index is 0.247. The number of phenols is 1. The fraction of sp³-hybridized carbons (Fsp3) is 0.800. The van der Waals surface area contributed by atoms with Crippen LogP contribution in [0, 0.1) is 20.2 Å². The third kappa shape index (κ3) is 22.3. The molecule has 0 saturated heterocycles. The molecular formula is C30H54N2O9S. The highest BCUT2D eigenvalue weighted by atomic mass is 32.3. The van der Waals surface area contributed by atoms with Crippen molar-refractivity contribution in [3.63, 3.8) is 0 Å². The monoisotopic (exact) mass is 618 g/mol. The summed E-state index contributed by atoms with van der Waals surface area (Å²) in [6.07, 6.45) is 24.4. The lowest BCUT2D eigenvalue weighted by atomic mass is 10.1. The van der Waals surface area contributed by atoms with Crippen molar-refractivity contribution in [1.29, 1.82) is 0 Å². The molecule has 1 aromatic rings. The Hall–Kier alpha value is -2.31. The van der Waals surface area contributed by atoms with Crippen LogP contribution < -0.4 is 0 Å². The molecule has 0 saturated carbocycles. The average molecular weight is 619 g/mol. The number of aromatic hydroxyl groups is 1. The Balaban J connectivity index is 0.00000107. The van der Waals surface area contributed by atoms with Crippen molar-refractivity contribution in [2.45, 2.75) is 142 Å². The Morgan fingerprint density at radius 3 is 1.29 bits per heavy atom. The second kappa shape index (κ2) is 26.3. The molecule has 0 aliphatic heterocycles. The number of rotatable bonds is 26. The van der Waals surface area contributed by atoms with Gasteiger partial charge in [0.25, 0.3) is 0 Å². The number of unbranched alkanes of at least 4 members (excludes halogenated alkanes) is 18. The summed E-state index contributed by atoms with van der Waals surface area (Å²) in [6, 6.07) is 3.14. The van der Waals surface area contributed by atoms with Gasteiger partial charge in [-0.1, -0.05) is 135 Å². The van der Waals surface area contributed by atoms with Gasteiger partial charge in [0.05, 0.1) is 23.1 Å².